The summed E-state index contributed by atoms with van der Waals surface area (Å²) >= 11 is 1.53. The largest absolute Gasteiger partial charge is 0.256 e. The van der Waals surface area contributed by atoms with Crippen LogP contribution in [0, 0.1) is 5.41 Å². The Morgan fingerprint density at radius 1 is 0.867 bits per heavy atom. The van der Waals surface area contributed by atoms with E-state index < -0.39 is 11.8 Å². The van der Waals surface area contributed by atoms with E-state index in [1.165, 1.54) is 27.7 Å². The molecule has 0 fully saturated rings. The van der Waals surface area contributed by atoms with Gasteiger partial charge in [0.15, 0.2) is 0 Å². The zero-order valence-electron chi connectivity index (χ0n) is 20.7. The molecule has 4 aromatic rings. The summed E-state index contributed by atoms with van der Waals surface area (Å²) in [5, 5.41) is 2.51. The normalized spacial score (nSPS) is 13.9. The smallest absolute Gasteiger partial charge is 0.0708 e. The maximum absolute atomic E-state index is 8.59. The Morgan fingerprint density at radius 3 is 2.37 bits per heavy atom. The van der Waals surface area contributed by atoms with E-state index >= 15 is 0 Å². The predicted molar refractivity (Wildman–Crippen MR) is 132 cm³/mol. The topological polar surface area (TPSA) is 12.9 Å². The van der Waals surface area contributed by atoms with Crippen molar-refractivity contribution in [2.24, 2.45) is 5.41 Å². The third-order valence-electron chi connectivity index (χ3n) is 5.11. The molecule has 0 spiro atoms. The van der Waals surface area contributed by atoms with Crippen LogP contribution in [0.15, 0.2) is 66.9 Å². The summed E-state index contributed by atoms with van der Waals surface area (Å²) in [5.74, 6) is 0. The molecule has 1 nitrogen and oxygen atoms in total. The standard InChI is InChI=1S/C28H31NS/c1-27(2,3)18-22-11-12-26(30-22)20-13-14-29-25(17-20)21-15-19-9-7-8-10-23(19)24(16-21)28(4,5)6/h7-17H,18H2,1-6H3/i18D2. The van der Waals surface area contributed by atoms with Gasteiger partial charge in [-0.1, -0.05) is 65.8 Å². The van der Waals surface area contributed by atoms with Crippen LogP contribution in [-0.2, 0) is 11.8 Å². The van der Waals surface area contributed by atoms with Gasteiger partial charge in [-0.2, -0.15) is 0 Å². The summed E-state index contributed by atoms with van der Waals surface area (Å²) in [4.78, 5) is 6.52. The number of thiophene rings is 1. The van der Waals surface area contributed by atoms with Gasteiger partial charge in [0.05, 0.1) is 5.69 Å². The molecule has 0 bridgehead atoms. The van der Waals surface area contributed by atoms with Gasteiger partial charge in [0.25, 0.3) is 0 Å². The van der Waals surface area contributed by atoms with E-state index in [-0.39, 0.29) is 5.41 Å². The minimum Gasteiger partial charge on any atom is -0.256 e. The minimum atomic E-state index is -1.38. The molecule has 0 unspecified atom stereocenters. The van der Waals surface area contributed by atoms with Crippen LogP contribution in [0.25, 0.3) is 32.5 Å². The molecule has 2 aromatic heterocycles. The molecular weight excluding hydrogens is 382 g/mol. The van der Waals surface area contributed by atoms with Crippen LogP contribution in [-0.4, -0.2) is 4.98 Å². The Balaban J connectivity index is 1.79. The van der Waals surface area contributed by atoms with Crippen LogP contribution in [0.2, 0.25) is 0 Å². The molecule has 0 N–H and O–H groups in total. The molecule has 154 valence electrons. The third-order valence-corrected chi connectivity index (χ3v) is 6.16. The lowest BCUT2D eigenvalue weighted by Gasteiger charge is -2.22. The van der Waals surface area contributed by atoms with Crippen LogP contribution in [0.1, 0.15) is 54.7 Å². The maximum atomic E-state index is 8.59. The van der Waals surface area contributed by atoms with Gasteiger partial charge in [0.1, 0.15) is 0 Å². The van der Waals surface area contributed by atoms with Gasteiger partial charge < -0.3 is 0 Å². The molecule has 2 heterocycles. The average molecular weight is 416 g/mol. The van der Waals surface area contributed by atoms with Gasteiger partial charge in [-0.15, -0.1) is 11.3 Å². The van der Waals surface area contributed by atoms with Crippen LogP contribution < -0.4 is 0 Å². The first-order chi connectivity index (χ1) is 14.9. The van der Waals surface area contributed by atoms with Crippen molar-refractivity contribution in [1.82, 2.24) is 4.98 Å². The van der Waals surface area contributed by atoms with Crippen LogP contribution >= 0.6 is 11.3 Å². The summed E-state index contributed by atoms with van der Waals surface area (Å²) < 4.78 is 17.2. The van der Waals surface area contributed by atoms with Crippen LogP contribution in [0.4, 0.5) is 0 Å². The molecule has 0 aliphatic heterocycles. The Labute approximate surface area is 187 Å². The summed E-state index contributed by atoms with van der Waals surface area (Å²) in [6, 6.07) is 21.1. The van der Waals surface area contributed by atoms with Crippen molar-refractivity contribution in [3.05, 3.63) is 77.3 Å². The second kappa shape index (κ2) is 7.67. The van der Waals surface area contributed by atoms with Gasteiger partial charge in [0, 0.05) is 24.3 Å². The number of fused-ring (bicyclic) bond motifs is 1. The Kier molecular flexibility index (Phi) is 4.68. The maximum Gasteiger partial charge on any atom is 0.0708 e. The first-order valence-corrected chi connectivity index (χ1v) is 11.3. The summed E-state index contributed by atoms with van der Waals surface area (Å²) in [6.07, 6.45) is 0.472. The molecule has 0 atom stereocenters. The van der Waals surface area contributed by atoms with E-state index in [1.54, 1.807) is 0 Å². The second-order valence-corrected chi connectivity index (χ2v) is 11.0. The van der Waals surface area contributed by atoms with E-state index in [2.05, 4.69) is 63.2 Å². The first kappa shape index (κ1) is 18.3. The highest BCUT2D eigenvalue weighted by atomic mass is 32.1. The summed E-state index contributed by atoms with van der Waals surface area (Å²) in [6.45, 7) is 12.6. The second-order valence-electron chi connectivity index (χ2n) is 9.96. The third kappa shape index (κ3) is 4.49. The predicted octanol–water partition coefficient (Wildman–Crippen LogP) is 8.52. The lowest BCUT2D eigenvalue weighted by atomic mass is 9.82. The number of pyridine rings is 1. The van der Waals surface area contributed by atoms with E-state index in [4.69, 9.17) is 7.73 Å². The van der Waals surface area contributed by atoms with Gasteiger partial charge in [-0.05, 0) is 75.5 Å². The van der Waals surface area contributed by atoms with Gasteiger partial charge in [-0.25, -0.2) is 0 Å². The van der Waals surface area contributed by atoms with E-state index in [0.717, 1.165) is 26.6 Å². The van der Waals surface area contributed by atoms with E-state index in [9.17, 15) is 0 Å². The Morgan fingerprint density at radius 2 is 1.63 bits per heavy atom. The monoisotopic (exact) mass is 415 g/mol. The SMILES string of the molecule is [2H]C([2H])(c1ccc(-c2ccnc(-c3cc(C(C)(C)C)c4ccccc4c3)c2)s1)C(C)(C)C. The molecule has 2 aromatic carbocycles. The van der Waals surface area contributed by atoms with Crippen molar-refractivity contribution >= 4 is 22.1 Å². The van der Waals surface area contributed by atoms with Crippen LogP contribution in [0.3, 0.4) is 0 Å². The van der Waals surface area contributed by atoms with Crippen molar-refractivity contribution in [3.63, 3.8) is 0 Å². The zero-order valence-corrected chi connectivity index (χ0v) is 19.5. The van der Waals surface area contributed by atoms with E-state index in [1.807, 2.05) is 45.2 Å². The number of nitrogens with zero attached hydrogens (tertiary/aromatic N) is 1. The highest BCUT2D eigenvalue weighted by Gasteiger charge is 2.19. The lowest BCUT2D eigenvalue weighted by molar-refractivity contribution is 0.414. The highest BCUT2D eigenvalue weighted by molar-refractivity contribution is 7.15. The number of hydrogen-bond donors (Lipinski definition) is 0. The Hall–Kier alpha value is -2.45. The fourth-order valence-corrected chi connectivity index (χ4v) is 4.86. The van der Waals surface area contributed by atoms with Gasteiger partial charge >= 0.3 is 0 Å². The molecule has 0 radical (unpaired) electrons. The molecule has 0 aliphatic rings. The number of aromatic nitrogens is 1. The molecule has 0 aliphatic carbocycles. The summed E-state index contributed by atoms with van der Waals surface area (Å²) in [5.41, 5.74) is 3.99. The van der Waals surface area contributed by atoms with E-state index in [0.29, 0.717) is 0 Å². The fraction of sp³-hybridized carbons (Fsp3) is 0.321. The fourth-order valence-electron chi connectivity index (χ4n) is 3.75. The quantitative estimate of drug-likeness (QED) is 0.327. The van der Waals surface area contributed by atoms with Gasteiger partial charge in [0.2, 0.25) is 0 Å². The minimum absolute atomic E-state index is 0.0222. The first-order valence-electron chi connectivity index (χ1n) is 11.5. The van der Waals surface area contributed by atoms with Crippen molar-refractivity contribution in [3.8, 4) is 21.7 Å². The van der Waals surface area contributed by atoms with Crippen molar-refractivity contribution < 1.29 is 2.74 Å². The van der Waals surface area contributed by atoms with Crippen molar-refractivity contribution in [2.75, 3.05) is 0 Å². The molecule has 4 rings (SSSR count). The number of hydrogen-bond acceptors (Lipinski definition) is 2. The molecule has 0 saturated carbocycles. The number of benzene rings is 2. The molecule has 2 heteroatoms. The van der Waals surface area contributed by atoms with Crippen molar-refractivity contribution in [2.45, 2.75) is 53.3 Å². The molecule has 30 heavy (non-hydrogen) atoms. The molecule has 0 amide bonds. The van der Waals surface area contributed by atoms with Crippen LogP contribution in [0.5, 0.6) is 0 Å². The van der Waals surface area contributed by atoms with Gasteiger partial charge in [-0.3, -0.25) is 4.98 Å². The molecular formula is C28H31NS. The average Bonchev–Trinajstić information content (AvgIpc) is 3.22. The molecule has 0 saturated heterocycles. The summed E-state index contributed by atoms with van der Waals surface area (Å²) in [7, 11) is 0. The zero-order chi connectivity index (χ0) is 23.3. The Bertz CT molecular complexity index is 1270. The lowest BCUT2D eigenvalue weighted by Crippen LogP contribution is -2.12. The number of rotatable bonds is 3. The highest BCUT2D eigenvalue weighted by Crippen LogP contribution is 2.36. The van der Waals surface area contributed by atoms with Crippen molar-refractivity contribution in [1.29, 1.82) is 0 Å².